The van der Waals surface area contributed by atoms with Crippen LogP contribution in [0, 0.1) is 0 Å². The van der Waals surface area contributed by atoms with Gasteiger partial charge in [-0.2, -0.15) is 13.2 Å². The van der Waals surface area contributed by atoms with Crippen LogP contribution in [-0.4, -0.2) is 59.9 Å². The van der Waals surface area contributed by atoms with Gasteiger partial charge >= 0.3 is 6.18 Å². The van der Waals surface area contributed by atoms with Crippen LogP contribution in [0.4, 0.5) is 13.2 Å². The molecule has 2 aliphatic rings. The molecule has 1 atom stereocenters. The Balaban J connectivity index is 1.10. The molecular formula is C28H26F3N3O2. The molecule has 5 rings (SSSR count). The maximum Gasteiger partial charge on any atom is 0.416 e. The molecule has 3 aromatic carbocycles. The Morgan fingerprint density at radius 3 is 1.83 bits per heavy atom. The van der Waals surface area contributed by atoms with Crippen molar-refractivity contribution in [3.8, 4) is 11.1 Å². The zero-order chi connectivity index (χ0) is 25.3. The first-order valence-corrected chi connectivity index (χ1v) is 12.0. The van der Waals surface area contributed by atoms with E-state index in [1.807, 2.05) is 35.2 Å². The lowest BCUT2D eigenvalue weighted by atomic mass is 10.0. The highest BCUT2D eigenvalue weighted by molar-refractivity contribution is 5.95. The van der Waals surface area contributed by atoms with Gasteiger partial charge in [0.05, 0.1) is 5.56 Å². The van der Waals surface area contributed by atoms with Crippen LogP contribution in [0.1, 0.15) is 32.7 Å². The summed E-state index contributed by atoms with van der Waals surface area (Å²) in [4.78, 5) is 29.1. The average Bonchev–Trinajstić information content (AvgIpc) is 3.34. The van der Waals surface area contributed by atoms with Crippen molar-refractivity contribution in [2.24, 2.45) is 0 Å². The Morgan fingerprint density at radius 2 is 1.22 bits per heavy atom. The van der Waals surface area contributed by atoms with Gasteiger partial charge in [-0.1, -0.05) is 42.5 Å². The molecule has 0 saturated carbocycles. The van der Waals surface area contributed by atoms with E-state index in [0.717, 1.165) is 24.1 Å². The van der Waals surface area contributed by atoms with E-state index in [0.29, 0.717) is 42.9 Å². The number of amides is 2. The molecule has 0 unspecified atom stereocenters. The molecule has 0 aliphatic carbocycles. The predicted molar refractivity (Wildman–Crippen MR) is 130 cm³/mol. The van der Waals surface area contributed by atoms with Crippen LogP contribution in [-0.2, 0) is 6.18 Å². The molecule has 8 heteroatoms. The lowest BCUT2D eigenvalue weighted by Gasteiger charge is -2.41. The van der Waals surface area contributed by atoms with Gasteiger partial charge < -0.3 is 15.1 Å². The van der Waals surface area contributed by atoms with Crippen LogP contribution in [0.15, 0.2) is 78.9 Å². The molecule has 2 fully saturated rings. The molecule has 2 saturated heterocycles. The van der Waals surface area contributed by atoms with Crippen LogP contribution in [0.5, 0.6) is 0 Å². The van der Waals surface area contributed by atoms with Crippen molar-refractivity contribution in [2.45, 2.75) is 24.7 Å². The standard InChI is InChI=1S/C28H26F3N3O2/c29-28(30,31)23-12-10-20(11-13-23)19-6-8-22(9-7-19)27(36)34-17-25(18-34)32-24-14-15-33(16-24)26(35)21-4-2-1-3-5-21/h1-13,24-25,32H,14-18H2/t24-/m0/s1. The normalized spacial score (nSPS) is 18.2. The van der Waals surface area contributed by atoms with Crippen molar-refractivity contribution in [1.29, 1.82) is 0 Å². The van der Waals surface area contributed by atoms with Crippen molar-refractivity contribution in [3.63, 3.8) is 0 Å². The summed E-state index contributed by atoms with van der Waals surface area (Å²) in [5, 5.41) is 3.57. The second-order valence-electron chi connectivity index (χ2n) is 9.33. The predicted octanol–water partition coefficient (Wildman–Crippen LogP) is 4.70. The molecule has 2 heterocycles. The first-order chi connectivity index (χ1) is 17.3. The van der Waals surface area contributed by atoms with Gasteiger partial charge in [0.1, 0.15) is 0 Å². The van der Waals surface area contributed by atoms with Crippen molar-refractivity contribution in [3.05, 3.63) is 95.6 Å². The molecule has 186 valence electrons. The highest BCUT2D eigenvalue weighted by Gasteiger charge is 2.35. The molecule has 5 nitrogen and oxygen atoms in total. The smallest absolute Gasteiger partial charge is 0.337 e. The van der Waals surface area contributed by atoms with Crippen LogP contribution in [0.3, 0.4) is 0 Å². The third-order valence-corrected chi connectivity index (χ3v) is 6.81. The molecular weight excluding hydrogens is 467 g/mol. The summed E-state index contributed by atoms with van der Waals surface area (Å²) in [6.07, 6.45) is -3.48. The number of alkyl halides is 3. The summed E-state index contributed by atoms with van der Waals surface area (Å²) in [6.45, 7) is 2.57. The second kappa shape index (κ2) is 9.78. The summed E-state index contributed by atoms with van der Waals surface area (Å²) in [5.74, 6) is -0.0237. The Hall–Kier alpha value is -3.65. The maximum absolute atomic E-state index is 12.8. The summed E-state index contributed by atoms with van der Waals surface area (Å²) >= 11 is 0. The molecule has 2 aliphatic heterocycles. The first-order valence-electron chi connectivity index (χ1n) is 12.0. The molecule has 2 amide bonds. The maximum atomic E-state index is 12.8. The number of rotatable bonds is 5. The van der Waals surface area contributed by atoms with Gasteiger partial charge in [-0.15, -0.1) is 0 Å². The number of carbonyl (C=O) groups excluding carboxylic acids is 2. The van der Waals surface area contributed by atoms with E-state index in [-0.39, 0.29) is 23.9 Å². The van der Waals surface area contributed by atoms with Crippen LogP contribution >= 0.6 is 0 Å². The van der Waals surface area contributed by atoms with Crippen molar-refractivity contribution < 1.29 is 22.8 Å². The summed E-state index contributed by atoms with van der Waals surface area (Å²) in [7, 11) is 0. The van der Waals surface area contributed by atoms with Gasteiger partial charge in [0.15, 0.2) is 0 Å². The van der Waals surface area contributed by atoms with Gasteiger partial charge in [0.25, 0.3) is 11.8 Å². The van der Waals surface area contributed by atoms with Crippen LogP contribution in [0.25, 0.3) is 11.1 Å². The third kappa shape index (κ3) is 5.14. The lowest BCUT2D eigenvalue weighted by molar-refractivity contribution is -0.137. The number of carbonyl (C=O) groups is 2. The van der Waals surface area contributed by atoms with E-state index in [1.54, 1.807) is 29.2 Å². The number of benzene rings is 3. The van der Waals surface area contributed by atoms with E-state index < -0.39 is 11.7 Å². The number of halogens is 3. The van der Waals surface area contributed by atoms with Gasteiger partial charge in [-0.3, -0.25) is 9.59 Å². The Morgan fingerprint density at radius 1 is 0.694 bits per heavy atom. The third-order valence-electron chi connectivity index (χ3n) is 6.81. The highest BCUT2D eigenvalue weighted by atomic mass is 19.4. The van der Waals surface area contributed by atoms with E-state index >= 15 is 0 Å². The highest BCUT2D eigenvalue weighted by Crippen LogP contribution is 2.31. The van der Waals surface area contributed by atoms with Crippen molar-refractivity contribution >= 4 is 11.8 Å². The summed E-state index contributed by atoms with van der Waals surface area (Å²) in [5.41, 5.74) is 1.96. The minimum atomic E-state index is -4.37. The van der Waals surface area contributed by atoms with E-state index in [1.165, 1.54) is 12.1 Å². The Bertz CT molecular complexity index is 1220. The largest absolute Gasteiger partial charge is 0.416 e. The molecule has 0 radical (unpaired) electrons. The summed E-state index contributed by atoms with van der Waals surface area (Å²) in [6, 6.07) is 21.6. The quantitative estimate of drug-likeness (QED) is 0.561. The number of likely N-dealkylation sites (tertiary alicyclic amines) is 2. The monoisotopic (exact) mass is 493 g/mol. The topological polar surface area (TPSA) is 52.7 Å². The second-order valence-corrected chi connectivity index (χ2v) is 9.33. The van der Waals surface area contributed by atoms with Crippen molar-refractivity contribution in [2.75, 3.05) is 26.2 Å². The molecule has 36 heavy (non-hydrogen) atoms. The molecule has 0 aromatic heterocycles. The van der Waals surface area contributed by atoms with Gasteiger partial charge in [0, 0.05) is 49.4 Å². The fourth-order valence-corrected chi connectivity index (χ4v) is 4.77. The number of nitrogens with zero attached hydrogens (tertiary/aromatic N) is 2. The van der Waals surface area contributed by atoms with Crippen molar-refractivity contribution in [1.82, 2.24) is 15.1 Å². The van der Waals surface area contributed by atoms with Gasteiger partial charge in [-0.25, -0.2) is 0 Å². The number of hydrogen-bond acceptors (Lipinski definition) is 3. The molecule has 0 bridgehead atoms. The van der Waals surface area contributed by atoms with Crippen LogP contribution < -0.4 is 5.32 Å². The average molecular weight is 494 g/mol. The Kier molecular flexibility index (Phi) is 6.53. The fraction of sp³-hybridized carbons (Fsp3) is 0.286. The summed E-state index contributed by atoms with van der Waals surface area (Å²) < 4.78 is 38.3. The Labute approximate surface area is 207 Å². The molecule has 1 N–H and O–H groups in total. The zero-order valence-corrected chi connectivity index (χ0v) is 19.5. The minimum Gasteiger partial charge on any atom is -0.337 e. The van der Waals surface area contributed by atoms with Gasteiger partial charge in [0.2, 0.25) is 0 Å². The lowest BCUT2D eigenvalue weighted by Crippen LogP contribution is -2.62. The fourth-order valence-electron chi connectivity index (χ4n) is 4.77. The van der Waals surface area contributed by atoms with Gasteiger partial charge in [-0.05, 0) is 53.9 Å². The molecule has 0 spiro atoms. The number of hydrogen-bond donors (Lipinski definition) is 1. The van der Waals surface area contributed by atoms with E-state index in [4.69, 9.17) is 0 Å². The molecule has 3 aromatic rings. The number of nitrogens with one attached hydrogen (secondary N) is 1. The minimum absolute atomic E-state index is 0.0463. The van der Waals surface area contributed by atoms with Crippen LogP contribution in [0.2, 0.25) is 0 Å². The SMILES string of the molecule is O=C(c1ccc(-c2ccc(C(F)(F)F)cc2)cc1)N1CC(N[C@H]2CCN(C(=O)c3ccccc3)C2)C1. The van der Waals surface area contributed by atoms with E-state index in [9.17, 15) is 22.8 Å². The zero-order valence-electron chi connectivity index (χ0n) is 19.5. The first kappa shape index (κ1) is 24.1. The van der Waals surface area contributed by atoms with E-state index in [2.05, 4.69) is 5.32 Å².